The van der Waals surface area contributed by atoms with Crippen LogP contribution in [0, 0.1) is 11.3 Å². The average Bonchev–Trinajstić information content (AvgIpc) is 2.76. The van der Waals surface area contributed by atoms with E-state index in [9.17, 15) is 14.7 Å². The lowest BCUT2D eigenvalue weighted by Gasteiger charge is -2.44. The molecule has 0 radical (unpaired) electrons. The van der Waals surface area contributed by atoms with Crippen molar-refractivity contribution in [1.29, 1.82) is 0 Å². The second-order valence-electron chi connectivity index (χ2n) is 6.80. The molecule has 21 heavy (non-hydrogen) atoms. The summed E-state index contributed by atoms with van der Waals surface area (Å²) in [7, 11) is 0. The summed E-state index contributed by atoms with van der Waals surface area (Å²) in [6.07, 6.45) is 11.4. The molecule has 0 saturated heterocycles. The second kappa shape index (κ2) is 3.92. The molecule has 108 valence electrons. The van der Waals surface area contributed by atoms with Crippen molar-refractivity contribution in [3.63, 3.8) is 0 Å². The summed E-state index contributed by atoms with van der Waals surface area (Å²) in [5.41, 5.74) is 1.34. The van der Waals surface area contributed by atoms with Gasteiger partial charge >= 0.3 is 0 Å². The molecule has 4 rings (SSSR count). The van der Waals surface area contributed by atoms with E-state index < -0.39 is 5.60 Å². The van der Waals surface area contributed by atoms with Crippen LogP contribution in [0.25, 0.3) is 0 Å². The maximum Gasteiger partial charge on any atom is 0.178 e. The van der Waals surface area contributed by atoms with Gasteiger partial charge < -0.3 is 5.11 Å². The van der Waals surface area contributed by atoms with Gasteiger partial charge in [0.25, 0.3) is 0 Å². The SMILES string of the molecule is C[C@]12CCC3=C(C=CC4=CC(=O)C=C[C@]43O)C1CCC2=O. The number of allylic oxidation sites excluding steroid dienone is 4. The number of Topliss-reactive ketones (excluding diaryl/α,β-unsaturated/α-hetero) is 1. The molecule has 0 amide bonds. The first-order valence-corrected chi connectivity index (χ1v) is 7.58. The van der Waals surface area contributed by atoms with Gasteiger partial charge in [-0.3, -0.25) is 9.59 Å². The number of ketones is 2. The van der Waals surface area contributed by atoms with Gasteiger partial charge in [0, 0.05) is 11.8 Å². The van der Waals surface area contributed by atoms with Crippen molar-refractivity contribution in [2.45, 2.75) is 38.2 Å². The number of hydrogen-bond donors (Lipinski definition) is 1. The molecule has 0 spiro atoms. The highest BCUT2D eigenvalue weighted by molar-refractivity contribution is 6.02. The van der Waals surface area contributed by atoms with Gasteiger partial charge in [-0.1, -0.05) is 19.1 Å². The third kappa shape index (κ3) is 1.53. The van der Waals surface area contributed by atoms with E-state index in [0.717, 1.165) is 24.0 Å². The predicted molar refractivity (Wildman–Crippen MR) is 78.4 cm³/mol. The Hall–Kier alpha value is -1.74. The molecule has 0 aromatic carbocycles. The molecule has 1 saturated carbocycles. The molecular weight excluding hydrogens is 264 g/mol. The minimum Gasteiger partial charge on any atom is -0.377 e. The summed E-state index contributed by atoms with van der Waals surface area (Å²) in [5, 5.41) is 11.1. The summed E-state index contributed by atoms with van der Waals surface area (Å²) >= 11 is 0. The summed E-state index contributed by atoms with van der Waals surface area (Å²) in [6, 6.07) is 0. The first-order valence-electron chi connectivity index (χ1n) is 7.58. The zero-order valence-corrected chi connectivity index (χ0v) is 12.1. The van der Waals surface area contributed by atoms with Crippen molar-refractivity contribution in [3.05, 3.63) is 47.1 Å². The number of rotatable bonds is 0. The van der Waals surface area contributed by atoms with Crippen LogP contribution in [0.15, 0.2) is 47.1 Å². The van der Waals surface area contributed by atoms with E-state index in [1.165, 1.54) is 12.2 Å². The van der Waals surface area contributed by atoms with Crippen LogP contribution >= 0.6 is 0 Å². The van der Waals surface area contributed by atoms with Crippen LogP contribution in [-0.4, -0.2) is 22.3 Å². The lowest BCUT2D eigenvalue weighted by molar-refractivity contribution is -0.126. The third-order valence-corrected chi connectivity index (χ3v) is 5.81. The lowest BCUT2D eigenvalue weighted by atomic mass is 9.61. The number of aliphatic hydroxyl groups is 1. The minimum absolute atomic E-state index is 0.0833. The maximum atomic E-state index is 12.2. The Labute approximate surface area is 123 Å². The van der Waals surface area contributed by atoms with Gasteiger partial charge in [-0.2, -0.15) is 0 Å². The molecule has 4 aliphatic rings. The van der Waals surface area contributed by atoms with Crippen LogP contribution in [0.5, 0.6) is 0 Å². The average molecular weight is 282 g/mol. The summed E-state index contributed by atoms with van der Waals surface area (Å²) < 4.78 is 0. The Morgan fingerprint density at radius 2 is 2.00 bits per heavy atom. The number of hydrogen-bond acceptors (Lipinski definition) is 3. The monoisotopic (exact) mass is 282 g/mol. The van der Waals surface area contributed by atoms with E-state index in [1.54, 1.807) is 6.08 Å². The summed E-state index contributed by atoms with van der Waals surface area (Å²) in [6.45, 7) is 2.07. The van der Waals surface area contributed by atoms with E-state index in [-0.39, 0.29) is 17.1 Å². The Morgan fingerprint density at radius 1 is 1.19 bits per heavy atom. The topological polar surface area (TPSA) is 54.4 Å². The van der Waals surface area contributed by atoms with Crippen LogP contribution in [0.3, 0.4) is 0 Å². The van der Waals surface area contributed by atoms with Crippen LogP contribution < -0.4 is 0 Å². The third-order valence-electron chi connectivity index (χ3n) is 5.81. The fraction of sp³-hybridized carbons (Fsp3) is 0.444. The quantitative estimate of drug-likeness (QED) is 0.742. The fourth-order valence-electron chi connectivity index (χ4n) is 4.49. The molecule has 3 heteroatoms. The van der Waals surface area contributed by atoms with Crippen molar-refractivity contribution < 1.29 is 14.7 Å². The van der Waals surface area contributed by atoms with E-state index >= 15 is 0 Å². The van der Waals surface area contributed by atoms with Crippen LogP contribution in [0.4, 0.5) is 0 Å². The van der Waals surface area contributed by atoms with Gasteiger partial charge in [0.2, 0.25) is 0 Å². The van der Waals surface area contributed by atoms with Gasteiger partial charge in [0.1, 0.15) is 11.4 Å². The van der Waals surface area contributed by atoms with Gasteiger partial charge in [-0.05, 0) is 60.1 Å². The smallest absolute Gasteiger partial charge is 0.178 e. The molecule has 0 heterocycles. The van der Waals surface area contributed by atoms with Gasteiger partial charge in [0.05, 0.1) is 0 Å². The Balaban J connectivity index is 1.86. The van der Waals surface area contributed by atoms with Crippen molar-refractivity contribution in [2.75, 3.05) is 0 Å². The Bertz CT molecular complexity index is 691. The predicted octanol–water partition coefficient (Wildman–Crippen LogP) is 2.43. The molecular formula is C18H18O3. The largest absolute Gasteiger partial charge is 0.377 e. The standard InChI is InChI=1S/C18H18O3/c1-17-8-7-15-13(14(17)4-5-16(17)20)3-2-11-10-12(19)6-9-18(11,15)21/h2-3,6,9-10,14,21H,4-5,7-8H2,1H3/t14?,17-,18-/m0/s1. The Kier molecular flexibility index (Phi) is 2.42. The van der Waals surface area contributed by atoms with Crippen molar-refractivity contribution in [2.24, 2.45) is 11.3 Å². The first-order chi connectivity index (χ1) is 9.95. The molecule has 1 unspecified atom stereocenters. The first kappa shape index (κ1) is 13.0. The molecule has 0 aromatic heterocycles. The Morgan fingerprint density at radius 3 is 2.81 bits per heavy atom. The zero-order chi connectivity index (χ0) is 14.8. The maximum absolute atomic E-state index is 12.2. The van der Waals surface area contributed by atoms with E-state index in [2.05, 4.69) is 6.92 Å². The second-order valence-corrected chi connectivity index (χ2v) is 6.80. The van der Waals surface area contributed by atoms with Crippen molar-refractivity contribution >= 4 is 11.6 Å². The van der Waals surface area contributed by atoms with E-state index in [1.807, 2.05) is 12.2 Å². The molecule has 0 aromatic rings. The molecule has 1 fully saturated rings. The fourth-order valence-corrected chi connectivity index (χ4v) is 4.49. The van der Waals surface area contributed by atoms with Gasteiger partial charge in [-0.25, -0.2) is 0 Å². The van der Waals surface area contributed by atoms with Crippen molar-refractivity contribution in [3.8, 4) is 0 Å². The highest BCUT2D eigenvalue weighted by atomic mass is 16.3. The normalized spacial score (nSPS) is 40.9. The van der Waals surface area contributed by atoms with E-state index in [4.69, 9.17) is 0 Å². The van der Waals surface area contributed by atoms with Gasteiger partial charge in [0.15, 0.2) is 5.78 Å². The molecule has 4 aliphatic carbocycles. The lowest BCUT2D eigenvalue weighted by Crippen LogP contribution is -2.42. The highest BCUT2D eigenvalue weighted by Gasteiger charge is 2.53. The number of fused-ring (bicyclic) bond motifs is 4. The molecule has 0 bridgehead atoms. The molecule has 3 nitrogen and oxygen atoms in total. The van der Waals surface area contributed by atoms with E-state index in [0.29, 0.717) is 24.2 Å². The number of carbonyl (C=O) groups excluding carboxylic acids is 2. The molecule has 3 atom stereocenters. The number of carbonyl (C=O) groups is 2. The highest BCUT2D eigenvalue weighted by Crippen LogP contribution is 2.56. The summed E-state index contributed by atoms with van der Waals surface area (Å²) in [4.78, 5) is 23.8. The van der Waals surface area contributed by atoms with Crippen LogP contribution in [-0.2, 0) is 9.59 Å². The zero-order valence-electron chi connectivity index (χ0n) is 12.1. The minimum atomic E-state index is -1.15. The van der Waals surface area contributed by atoms with Crippen molar-refractivity contribution in [1.82, 2.24) is 0 Å². The molecule has 1 N–H and O–H groups in total. The summed E-state index contributed by atoms with van der Waals surface area (Å²) in [5.74, 6) is 0.483. The van der Waals surface area contributed by atoms with Crippen LogP contribution in [0.2, 0.25) is 0 Å². The molecule has 0 aliphatic heterocycles. The van der Waals surface area contributed by atoms with Gasteiger partial charge in [-0.15, -0.1) is 0 Å². The van der Waals surface area contributed by atoms with Crippen LogP contribution in [0.1, 0.15) is 32.6 Å².